The van der Waals surface area contributed by atoms with E-state index in [-0.39, 0.29) is 16.3 Å². The van der Waals surface area contributed by atoms with Crippen molar-refractivity contribution in [2.45, 2.75) is 38.8 Å². The first-order chi connectivity index (χ1) is 8.95. The average Bonchev–Trinajstić information content (AvgIpc) is 2.26. The minimum absolute atomic E-state index is 0.00167. The van der Waals surface area contributed by atoms with Crippen molar-refractivity contribution in [2.75, 3.05) is 0 Å². The molecule has 7 heteroatoms. The van der Waals surface area contributed by atoms with Crippen molar-refractivity contribution >= 4 is 23.2 Å². The molecule has 0 aliphatic rings. The van der Waals surface area contributed by atoms with Crippen LogP contribution in [-0.2, 0) is 0 Å². The summed E-state index contributed by atoms with van der Waals surface area (Å²) in [6, 6.07) is 3.63. The number of halogens is 1. The van der Waals surface area contributed by atoms with Crippen molar-refractivity contribution in [1.29, 1.82) is 0 Å². The molecule has 0 saturated heterocycles. The lowest BCUT2D eigenvalue weighted by Gasteiger charge is -2.38. The third-order valence-electron chi connectivity index (χ3n) is 3.36. The molecule has 1 amide bonds. The molecule has 6 nitrogen and oxygen atoms in total. The standard InChI is InChI=1S/C13H17ClN2O4/c1-12(2,13(3,4)18)15-11(17)9-7-8(16(19)20)5-6-10(9)14/h5-7,18H,1-4H3,(H,15,17). The Bertz CT molecular complexity index is 550. The molecule has 0 aliphatic carbocycles. The summed E-state index contributed by atoms with van der Waals surface area (Å²) >= 11 is 5.89. The number of aliphatic hydroxyl groups is 1. The van der Waals surface area contributed by atoms with Crippen LogP contribution in [0.4, 0.5) is 5.69 Å². The maximum absolute atomic E-state index is 12.2. The molecule has 0 bridgehead atoms. The number of nitrogens with zero attached hydrogens (tertiary/aromatic N) is 1. The molecule has 0 heterocycles. The largest absolute Gasteiger partial charge is 0.388 e. The molecule has 0 radical (unpaired) electrons. The number of carbonyl (C=O) groups excluding carboxylic acids is 1. The highest BCUT2D eigenvalue weighted by atomic mass is 35.5. The van der Waals surface area contributed by atoms with Crippen LogP contribution in [0.15, 0.2) is 18.2 Å². The number of nitro benzene ring substituents is 1. The minimum atomic E-state index is -1.17. The van der Waals surface area contributed by atoms with Crippen molar-refractivity contribution in [3.63, 3.8) is 0 Å². The molecule has 0 unspecified atom stereocenters. The van der Waals surface area contributed by atoms with Crippen LogP contribution in [-0.4, -0.2) is 27.1 Å². The van der Waals surface area contributed by atoms with Crippen molar-refractivity contribution < 1.29 is 14.8 Å². The van der Waals surface area contributed by atoms with Crippen LogP contribution in [0, 0.1) is 10.1 Å². The second-order valence-electron chi connectivity index (χ2n) is 5.56. The number of nitro groups is 1. The maximum atomic E-state index is 12.2. The number of non-ortho nitro benzene ring substituents is 1. The summed E-state index contributed by atoms with van der Waals surface area (Å²) in [5, 5.41) is 23.5. The van der Waals surface area contributed by atoms with Gasteiger partial charge in [-0.1, -0.05) is 11.6 Å². The monoisotopic (exact) mass is 300 g/mol. The Balaban J connectivity index is 3.10. The number of rotatable bonds is 4. The van der Waals surface area contributed by atoms with Crippen LogP contribution in [0.25, 0.3) is 0 Å². The van der Waals surface area contributed by atoms with Gasteiger partial charge in [0.05, 0.1) is 26.6 Å². The Kier molecular flexibility index (Phi) is 4.41. The number of amides is 1. The first kappa shape index (κ1) is 16.4. The molecule has 0 aromatic heterocycles. The normalized spacial score (nSPS) is 12.1. The predicted molar refractivity (Wildman–Crippen MR) is 75.9 cm³/mol. The second-order valence-corrected chi connectivity index (χ2v) is 5.97. The molecule has 0 fully saturated rings. The van der Waals surface area contributed by atoms with Crippen LogP contribution in [0.1, 0.15) is 38.1 Å². The van der Waals surface area contributed by atoms with Gasteiger partial charge in [0.15, 0.2) is 0 Å². The molecule has 1 aromatic carbocycles. The Labute approximate surface area is 121 Å². The summed E-state index contributed by atoms with van der Waals surface area (Å²) in [6.07, 6.45) is 0. The Morgan fingerprint density at radius 3 is 2.35 bits per heavy atom. The van der Waals surface area contributed by atoms with Gasteiger partial charge in [-0.25, -0.2) is 0 Å². The summed E-state index contributed by atoms with van der Waals surface area (Å²) in [7, 11) is 0. The SMILES string of the molecule is CC(C)(O)C(C)(C)NC(=O)c1cc([N+](=O)[O-])ccc1Cl. The van der Waals surface area contributed by atoms with Crippen molar-refractivity contribution in [1.82, 2.24) is 5.32 Å². The topological polar surface area (TPSA) is 92.5 Å². The lowest BCUT2D eigenvalue weighted by atomic mass is 9.85. The smallest absolute Gasteiger partial charge is 0.270 e. The molecule has 1 aromatic rings. The van der Waals surface area contributed by atoms with E-state index in [0.717, 1.165) is 6.07 Å². The molecule has 20 heavy (non-hydrogen) atoms. The van der Waals surface area contributed by atoms with Crippen LogP contribution in [0.5, 0.6) is 0 Å². The van der Waals surface area contributed by atoms with Crippen molar-refractivity contribution in [3.8, 4) is 0 Å². The van der Waals surface area contributed by atoms with Gasteiger partial charge in [0, 0.05) is 12.1 Å². The molecule has 2 N–H and O–H groups in total. The number of carbonyl (C=O) groups is 1. The summed E-state index contributed by atoms with van der Waals surface area (Å²) in [6.45, 7) is 6.41. The van der Waals surface area contributed by atoms with E-state index in [4.69, 9.17) is 11.6 Å². The first-order valence-electron chi connectivity index (χ1n) is 5.94. The van der Waals surface area contributed by atoms with Crippen LogP contribution < -0.4 is 5.32 Å². The van der Waals surface area contributed by atoms with E-state index in [1.165, 1.54) is 12.1 Å². The lowest BCUT2D eigenvalue weighted by molar-refractivity contribution is -0.384. The molecule has 110 valence electrons. The quantitative estimate of drug-likeness (QED) is 0.660. The summed E-state index contributed by atoms with van der Waals surface area (Å²) < 4.78 is 0. The van der Waals surface area contributed by atoms with Crippen LogP contribution in [0.2, 0.25) is 5.02 Å². The summed E-state index contributed by atoms with van der Waals surface area (Å²) in [4.78, 5) is 22.3. The van der Waals surface area contributed by atoms with Gasteiger partial charge < -0.3 is 10.4 Å². The molecular weight excluding hydrogens is 284 g/mol. The van der Waals surface area contributed by atoms with Crippen LogP contribution >= 0.6 is 11.6 Å². The number of hydrogen-bond acceptors (Lipinski definition) is 4. The second kappa shape index (κ2) is 5.38. The van der Waals surface area contributed by atoms with Gasteiger partial charge in [-0.2, -0.15) is 0 Å². The van der Waals surface area contributed by atoms with E-state index in [0.29, 0.717) is 0 Å². The third kappa shape index (κ3) is 3.46. The van der Waals surface area contributed by atoms with Gasteiger partial charge in [0.2, 0.25) is 0 Å². The van der Waals surface area contributed by atoms with Gasteiger partial charge in [-0.15, -0.1) is 0 Å². The Hall–Kier alpha value is -1.66. The molecule has 1 rings (SSSR count). The third-order valence-corrected chi connectivity index (χ3v) is 3.69. The van der Waals surface area contributed by atoms with Gasteiger partial charge in [-0.05, 0) is 33.8 Å². The average molecular weight is 301 g/mol. The first-order valence-corrected chi connectivity index (χ1v) is 6.32. The summed E-state index contributed by atoms with van der Waals surface area (Å²) in [5.41, 5.74) is -2.33. The molecular formula is C13H17ClN2O4. The highest BCUT2D eigenvalue weighted by Gasteiger charge is 2.37. The van der Waals surface area contributed by atoms with Gasteiger partial charge in [-0.3, -0.25) is 14.9 Å². The van der Waals surface area contributed by atoms with E-state index in [1.54, 1.807) is 27.7 Å². The number of benzene rings is 1. The maximum Gasteiger partial charge on any atom is 0.270 e. The molecule has 0 aliphatic heterocycles. The van der Waals surface area contributed by atoms with Gasteiger partial charge in [0.1, 0.15) is 0 Å². The molecule has 0 spiro atoms. The minimum Gasteiger partial charge on any atom is -0.388 e. The zero-order valence-electron chi connectivity index (χ0n) is 11.7. The zero-order valence-corrected chi connectivity index (χ0v) is 12.5. The predicted octanol–water partition coefficient (Wildman–Crippen LogP) is 2.53. The lowest BCUT2D eigenvalue weighted by Crippen LogP contribution is -2.57. The van der Waals surface area contributed by atoms with Crippen molar-refractivity contribution in [3.05, 3.63) is 38.9 Å². The number of nitrogens with one attached hydrogen (secondary N) is 1. The van der Waals surface area contributed by atoms with Gasteiger partial charge in [0.25, 0.3) is 11.6 Å². The Morgan fingerprint density at radius 2 is 1.90 bits per heavy atom. The fourth-order valence-electron chi connectivity index (χ4n) is 1.30. The zero-order chi connectivity index (χ0) is 15.7. The fourth-order valence-corrected chi connectivity index (χ4v) is 1.51. The van der Waals surface area contributed by atoms with E-state index >= 15 is 0 Å². The summed E-state index contributed by atoms with van der Waals surface area (Å²) in [5.74, 6) is -0.578. The van der Waals surface area contributed by atoms with Gasteiger partial charge >= 0.3 is 0 Å². The molecule has 0 saturated carbocycles. The number of hydrogen-bond donors (Lipinski definition) is 2. The fraction of sp³-hybridized carbons (Fsp3) is 0.462. The van der Waals surface area contributed by atoms with E-state index < -0.39 is 22.0 Å². The van der Waals surface area contributed by atoms with E-state index in [9.17, 15) is 20.0 Å². The molecule has 0 atom stereocenters. The van der Waals surface area contributed by atoms with E-state index in [2.05, 4.69) is 5.32 Å². The highest BCUT2D eigenvalue weighted by Crippen LogP contribution is 2.25. The van der Waals surface area contributed by atoms with E-state index in [1.807, 2.05) is 0 Å². The Morgan fingerprint density at radius 1 is 1.35 bits per heavy atom. The highest BCUT2D eigenvalue weighted by molar-refractivity contribution is 6.34. The van der Waals surface area contributed by atoms with Crippen LogP contribution in [0.3, 0.4) is 0 Å². The van der Waals surface area contributed by atoms with Crippen molar-refractivity contribution in [2.24, 2.45) is 0 Å².